The van der Waals surface area contributed by atoms with Crippen molar-refractivity contribution in [2.75, 3.05) is 0 Å². The summed E-state index contributed by atoms with van der Waals surface area (Å²) in [6, 6.07) is 10.4. The lowest BCUT2D eigenvalue weighted by Gasteiger charge is -2.37. The molecule has 0 amide bonds. The fraction of sp³-hybridized carbons (Fsp3) is 0.545. The topological polar surface area (TPSA) is 29.5 Å². The van der Waals surface area contributed by atoms with Crippen LogP contribution in [0.5, 0.6) is 5.75 Å². The van der Waals surface area contributed by atoms with E-state index in [0.717, 1.165) is 35.5 Å². The van der Waals surface area contributed by atoms with E-state index in [1.165, 1.54) is 23.8 Å². The third kappa shape index (κ3) is 3.44. The Bertz CT molecular complexity index is 704. The van der Waals surface area contributed by atoms with Crippen molar-refractivity contribution < 1.29 is 9.84 Å². The summed E-state index contributed by atoms with van der Waals surface area (Å²) < 4.78 is 6.37. The average Bonchev–Trinajstić information content (AvgIpc) is 2.55. The molecule has 2 aromatic carbocycles. The Hall–Kier alpha value is -1.54. The molecular weight excluding hydrogens is 296 g/mol. The molecule has 2 nitrogen and oxygen atoms in total. The SMILES string of the molecule is Cc1cc(OC2CCC(C(C)(C)C)CC2)c(CO)c2ccccc12. The van der Waals surface area contributed by atoms with Crippen molar-refractivity contribution in [2.24, 2.45) is 11.3 Å². The van der Waals surface area contributed by atoms with Gasteiger partial charge in [0.15, 0.2) is 0 Å². The van der Waals surface area contributed by atoms with Crippen LogP contribution >= 0.6 is 0 Å². The van der Waals surface area contributed by atoms with Gasteiger partial charge in [0.05, 0.1) is 12.7 Å². The van der Waals surface area contributed by atoms with Gasteiger partial charge in [0.1, 0.15) is 5.75 Å². The van der Waals surface area contributed by atoms with E-state index in [1.54, 1.807) is 0 Å². The Labute approximate surface area is 145 Å². The van der Waals surface area contributed by atoms with Gasteiger partial charge in [-0.25, -0.2) is 0 Å². The molecule has 0 bridgehead atoms. The number of hydrogen-bond acceptors (Lipinski definition) is 2. The minimum atomic E-state index is 0.0213. The Kier molecular flexibility index (Phi) is 4.87. The Morgan fingerprint density at radius 2 is 1.67 bits per heavy atom. The van der Waals surface area contributed by atoms with Crippen molar-refractivity contribution in [3.8, 4) is 5.75 Å². The number of rotatable bonds is 3. The third-order valence-electron chi connectivity index (χ3n) is 5.67. The Balaban J connectivity index is 1.81. The van der Waals surface area contributed by atoms with Crippen molar-refractivity contribution in [2.45, 2.75) is 66.1 Å². The number of benzene rings is 2. The molecule has 1 saturated carbocycles. The first-order chi connectivity index (χ1) is 11.4. The molecule has 130 valence electrons. The number of aliphatic hydroxyl groups is 1. The molecule has 2 heteroatoms. The lowest BCUT2D eigenvalue weighted by molar-refractivity contribution is 0.0866. The first-order valence-electron chi connectivity index (χ1n) is 9.19. The molecule has 2 aromatic rings. The fourth-order valence-corrected chi connectivity index (χ4v) is 4.08. The smallest absolute Gasteiger partial charge is 0.126 e. The average molecular weight is 326 g/mol. The normalized spacial score (nSPS) is 21.9. The van der Waals surface area contributed by atoms with Crippen LogP contribution in [0.1, 0.15) is 57.6 Å². The van der Waals surface area contributed by atoms with Gasteiger partial charge in [-0.15, -0.1) is 0 Å². The monoisotopic (exact) mass is 326 g/mol. The largest absolute Gasteiger partial charge is 0.490 e. The number of aryl methyl sites for hydroxylation is 1. The van der Waals surface area contributed by atoms with E-state index in [1.807, 2.05) is 12.1 Å². The zero-order valence-electron chi connectivity index (χ0n) is 15.4. The predicted molar refractivity (Wildman–Crippen MR) is 100 cm³/mol. The quantitative estimate of drug-likeness (QED) is 0.792. The summed E-state index contributed by atoms with van der Waals surface area (Å²) in [7, 11) is 0. The van der Waals surface area contributed by atoms with Crippen LogP contribution in [-0.2, 0) is 6.61 Å². The van der Waals surface area contributed by atoms with E-state index in [2.05, 4.69) is 45.9 Å². The summed E-state index contributed by atoms with van der Waals surface area (Å²) in [6.07, 6.45) is 4.95. The van der Waals surface area contributed by atoms with Crippen molar-refractivity contribution in [1.82, 2.24) is 0 Å². The molecule has 0 spiro atoms. The molecule has 0 radical (unpaired) electrons. The molecule has 0 saturated heterocycles. The second-order valence-electron chi connectivity index (χ2n) is 8.33. The zero-order chi connectivity index (χ0) is 17.3. The van der Waals surface area contributed by atoms with Crippen LogP contribution in [0.3, 0.4) is 0 Å². The molecular formula is C22H30O2. The molecule has 0 aromatic heterocycles. The summed E-state index contributed by atoms with van der Waals surface area (Å²) in [5, 5.41) is 12.2. The van der Waals surface area contributed by atoms with E-state index in [0.29, 0.717) is 5.41 Å². The van der Waals surface area contributed by atoms with E-state index in [-0.39, 0.29) is 12.7 Å². The highest BCUT2D eigenvalue weighted by Crippen LogP contribution is 2.40. The van der Waals surface area contributed by atoms with Gasteiger partial charge in [-0.2, -0.15) is 0 Å². The molecule has 0 heterocycles. The van der Waals surface area contributed by atoms with Crippen LogP contribution < -0.4 is 4.74 Å². The number of hydrogen-bond donors (Lipinski definition) is 1. The summed E-state index contributed by atoms with van der Waals surface area (Å²) in [5.74, 6) is 1.65. The number of fused-ring (bicyclic) bond motifs is 1. The molecule has 1 N–H and O–H groups in total. The maximum absolute atomic E-state index is 9.91. The molecule has 1 aliphatic rings. The predicted octanol–water partition coefficient (Wildman–Crippen LogP) is 5.62. The number of ether oxygens (including phenoxy) is 1. The minimum Gasteiger partial charge on any atom is -0.490 e. The minimum absolute atomic E-state index is 0.0213. The molecule has 0 unspecified atom stereocenters. The van der Waals surface area contributed by atoms with E-state index in [4.69, 9.17) is 4.74 Å². The van der Waals surface area contributed by atoms with Crippen LogP contribution in [0.4, 0.5) is 0 Å². The summed E-state index contributed by atoms with van der Waals surface area (Å²) in [4.78, 5) is 0. The lowest BCUT2D eigenvalue weighted by atomic mass is 9.72. The van der Waals surface area contributed by atoms with Crippen molar-refractivity contribution in [3.05, 3.63) is 41.5 Å². The second kappa shape index (κ2) is 6.76. The van der Waals surface area contributed by atoms with Gasteiger partial charge in [0.25, 0.3) is 0 Å². The van der Waals surface area contributed by atoms with Gasteiger partial charge in [0, 0.05) is 5.56 Å². The second-order valence-corrected chi connectivity index (χ2v) is 8.33. The van der Waals surface area contributed by atoms with Crippen LogP contribution in [0, 0.1) is 18.3 Å². The van der Waals surface area contributed by atoms with Gasteiger partial charge in [-0.05, 0) is 66.3 Å². The summed E-state index contributed by atoms with van der Waals surface area (Å²) in [5.41, 5.74) is 2.52. The standard InChI is InChI=1S/C22H30O2/c1-15-13-21(20(14-23)19-8-6-5-7-18(15)19)24-17-11-9-16(10-12-17)22(2,3)4/h5-8,13,16-17,23H,9-12,14H2,1-4H3. The Morgan fingerprint density at radius 3 is 2.25 bits per heavy atom. The van der Waals surface area contributed by atoms with E-state index in [9.17, 15) is 5.11 Å². The molecule has 1 aliphatic carbocycles. The first-order valence-corrected chi connectivity index (χ1v) is 9.19. The van der Waals surface area contributed by atoms with E-state index < -0.39 is 0 Å². The maximum Gasteiger partial charge on any atom is 0.126 e. The van der Waals surface area contributed by atoms with Crippen molar-refractivity contribution >= 4 is 10.8 Å². The van der Waals surface area contributed by atoms with Crippen molar-refractivity contribution in [1.29, 1.82) is 0 Å². The van der Waals surface area contributed by atoms with Gasteiger partial charge in [-0.1, -0.05) is 45.0 Å². The number of aliphatic hydroxyl groups excluding tert-OH is 1. The third-order valence-corrected chi connectivity index (χ3v) is 5.67. The molecule has 0 aliphatic heterocycles. The lowest BCUT2D eigenvalue weighted by Crippen LogP contribution is -2.30. The van der Waals surface area contributed by atoms with Crippen LogP contribution in [-0.4, -0.2) is 11.2 Å². The molecule has 0 atom stereocenters. The molecule has 1 fully saturated rings. The Morgan fingerprint density at radius 1 is 1.04 bits per heavy atom. The fourth-order valence-electron chi connectivity index (χ4n) is 4.08. The first kappa shape index (κ1) is 17.3. The highest BCUT2D eigenvalue weighted by molar-refractivity contribution is 5.90. The van der Waals surface area contributed by atoms with Crippen LogP contribution in [0.25, 0.3) is 10.8 Å². The molecule has 24 heavy (non-hydrogen) atoms. The van der Waals surface area contributed by atoms with Crippen LogP contribution in [0.15, 0.2) is 30.3 Å². The van der Waals surface area contributed by atoms with E-state index >= 15 is 0 Å². The zero-order valence-corrected chi connectivity index (χ0v) is 15.4. The maximum atomic E-state index is 9.91. The van der Waals surface area contributed by atoms with Crippen LogP contribution in [0.2, 0.25) is 0 Å². The van der Waals surface area contributed by atoms with Gasteiger partial charge < -0.3 is 9.84 Å². The van der Waals surface area contributed by atoms with Gasteiger partial charge >= 0.3 is 0 Å². The van der Waals surface area contributed by atoms with Gasteiger partial charge in [-0.3, -0.25) is 0 Å². The summed E-state index contributed by atoms with van der Waals surface area (Å²) in [6.45, 7) is 9.17. The summed E-state index contributed by atoms with van der Waals surface area (Å²) >= 11 is 0. The molecule has 3 rings (SSSR count). The van der Waals surface area contributed by atoms with Gasteiger partial charge in [0.2, 0.25) is 0 Å². The van der Waals surface area contributed by atoms with Crippen molar-refractivity contribution in [3.63, 3.8) is 0 Å². The highest BCUT2D eigenvalue weighted by Gasteiger charge is 2.30. The highest BCUT2D eigenvalue weighted by atomic mass is 16.5.